The lowest BCUT2D eigenvalue weighted by Gasteiger charge is -2.14. The summed E-state index contributed by atoms with van der Waals surface area (Å²) >= 11 is 5.37. The third-order valence-corrected chi connectivity index (χ3v) is 4.51. The summed E-state index contributed by atoms with van der Waals surface area (Å²) in [7, 11) is 0. The first-order chi connectivity index (χ1) is 9.04. The van der Waals surface area contributed by atoms with Crippen molar-refractivity contribution >= 4 is 33.7 Å². The smallest absolute Gasteiger partial charge is 0.335 e. The Hall–Kier alpha value is -0.520. The van der Waals surface area contributed by atoms with Crippen LogP contribution in [0.25, 0.3) is 0 Å². The number of carbonyl (C=O) groups is 1. The van der Waals surface area contributed by atoms with Gasteiger partial charge in [0.25, 0.3) is 0 Å². The fraction of sp³-hybridized carbons (Fsp3) is 0.500. The highest BCUT2D eigenvalue weighted by atomic mass is 79.9. The van der Waals surface area contributed by atoms with Crippen molar-refractivity contribution in [3.63, 3.8) is 0 Å². The van der Waals surface area contributed by atoms with Crippen LogP contribution in [0.5, 0.6) is 0 Å². The summed E-state index contributed by atoms with van der Waals surface area (Å²) in [6.07, 6.45) is 1.14. The van der Waals surface area contributed by atoms with E-state index in [-0.39, 0.29) is 0 Å². The molecule has 0 aromatic heterocycles. The van der Waals surface area contributed by atoms with Crippen LogP contribution in [0.3, 0.4) is 0 Å². The lowest BCUT2D eigenvalue weighted by Crippen LogP contribution is -2.26. The lowest BCUT2D eigenvalue weighted by atomic mass is 10.1. The molecule has 1 unspecified atom stereocenters. The van der Waals surface area contributed by atoms with Gasteiger partial charge in [0.2, 0.25) is 0 Å². The van der Waals surface area contributed by atoms with Crippen LogP contribution in [0.2, 0.25) is 0 Å². The van der Waals surface area contributed by atoms with Gasteiger partial charge in [0.15, 0.2) is 0 Å². The van der Waals surface area contributed by atoms with E-state index in [2.05, 4.69) is 35.1 Å². The average molecular weight is 346 g/mol. The molecule has 0 amide bonds. The van der Waals surface area contributed by atoms with Crippen LogP contribution in [-0.4, -0.2) is 28.6 Å². The Morgan fingerprint density at radius 2 is 2.26 bits per heavy atom. The number of carboxylic acid groups (broad SMARTS) is 1. The summed E-state index contributed by atoms with van der Waals surface area (Å²) < 4.78 is 0.843. The van der Waals surface area contributed by atoms with Gasteiger partial charge in [-0.1, -0.05) is 28.9 Å². The molecule has 0 saturated carbocycles. The number of carboxylic acids is 1. The summed E-state index contributed by atoms with van der Waals surface area (Å²) in [6, 6.07) is 5.61. The average Bonchev–Trinajstić information content (AvgIpc) is 2.37. The van der Waals surface area contributed by atoms with Crippen molar-refractivity contribution in [1.29, 1.82) is 0 Å². The standard InChI is InChI=1S/C14H20BrNO2S/c1-3-19-7-6-10(2)16-9-12-5-4-11(14(17)18)8-13(12)15/h4-5,8,10,16H,3,6-7,9H2,1-2H3,(H,17,18). The van der Waals surface area contributed by atoms with Crippen LogP contribution in [0.1, 0.15) is 36.2 Å². The van der Waals surface area contributed by atoms with Gasteiger partial charge in [-0.25, -0.2) is 4.79 Å². The molecule has 0 aliphatic rings. The van der Waals surface area contributed by atoms with E-state index >= 15 is 0 Å². The van der Waals surface area contributed by atoms with E-state index in [9.17, 15) is 4.79 Å². The molecule has 5 heteroatoms. The normalized spacial score (nSPS) is 12.4. The van der Waals surface area contributed by atoms with Crippen molar-refractivity contribution < 1.29 is 9.90 Å². The topological polar surface area (TPSA) is 49.3 Å². The molecule has 1 atom stereocenters. The molecule has 1 aromatic carbocycles. The molecule has 0 heterocycles. The van der Waals surface area contributed by atoms with Crippen LogP contribution >= 0.6 is 27.7 Å². The molecular formula is C14H20BrNO2S. The molecule has 2 N–H and O–H groups in total. The first kappa shape index (κ1) is 16.5. The Balaban J connectivity index is 2.47. The second-order valence-electron chi connectivity index (χ2n) is 4.38. The molecule has 0 aliphatic carbocycles. The highest BCUT2D eigenvalue weighted by molar-refractivity contribution is 9.10. The van der Waals surface area contributed by atoms with Crippen molar-refractivity contribution in [2.75, 3.05) is 11.5 Å². The van der Waals surface area contributed by atoms with Gasteiger partial charge in [0, 0.05) is 17.1 Å². The van der Waals surface area contributed by atoms with Crippen molar-refractivity contribution in [2.24, 2.45) is 0 Å². The maximum absolute atomic E-state index is 10.8. The van der Waals surface area contributed by atoms with Gasteiger partial charge >= 0.3 is 5.97 Å². The third kappa shape index (κ3) is 5.97. The third-order valence-electron chi connectivity index (χ3n) is 2.84. The summed E-state index contributed by atoms with van der Waals surface area (Å²) in [5.74, 6) is 1.43. The first-order valence-corrected chi connectivity index (χ1v) is 8.32. The Morgan fingerprint density at radius 1 is 1.53 bits per heavy atom. The molecule has 0 radical (unpaired) electrons. The van der Waals surface area contributed by atoms with Crippen molar-refractivity contribution in [1.82, 2.24) is 5.32 Å². The molecule has 3 nitrogen and oxygen atoms in total. The quantitative estimate of drug-likeness (QED) is 0.704. The monoisotopic (exact) mass is 345 g/mol. The van der Waals surface area contributed by atoms with Crippen molar-refractivity contribution in [3.8, 4) is 0 Å². The van der Waals surface area contributed by atoms with Gasteiger partial charge < -0.3 is 10.4 Å². The molecule has 106 valence electrons. The van der Waals surface area contributed by atoms with E-state index in [1.165, 1.54) is 5.75 Å². The van der Waals surface area contributed by atoms with E-state index in [0.717, 1.165) is 28.8 Å². The van der Waals surface area contributed by atoms with Crippen LogP contribution in [0.4, 0.5) is 0 Å². The molecule has 0 bridgehead atoms. The molecular weight excluding hydrogens is 326 g/mol. The Kier molecular flexibility index (Phi) is 7.49. The van der Waals surface area contributed by atoms with Crippen molar-refractivity contribution in [2.45, 2.75) is 32.9 Å². The van der Waals surface area contributed by atoms with E-state index in [0.29, 0.717) is 11.6 Å². The zero-order valence-electron chi connectivity index (χ0n) is 11.3. The molecule has 19 heavy (non-hydrogen) atoms. The number of halogens is 1. The molecule has 0 fully saturated rings. The van der Waals surface area contributed by atoms with Crippen LogP contribution in [0, 0.1) is 0 Å². The zero-order chi connectivity index (χ0) is 14.3. The summed E-state index contributed by atoms with van der Waals surface area (Å²) in [4.78, 5) is 10.8. The fourth-order valence-electron chi connectivity index (χ4n) is 1.61. The molecule has 1 aromatic rings. The minimum atomic E-state index is -0.898. The SMILES string of the molecule is CCSCCC(C)NCc1ccc(C(=O)O)cc1Br. The number of rotatable bonds is 8. The minimum absolute atomic E-state index is 0.308. The molecule has 0 aliphatic heterocycles. The van der Waals surface area contributed by atoms with Gasteiger partial charge in [0.1, 0.15) is 0 Å². The van der Waals surface area contributed by atoms with Gasteiger partial charge in [0.05, 0.1) is 5.56 Å². The maximum Gasteiger partial charge on any atom is 0.335 e. The predicted octanol–water partition coefficient (Wildman–Crippen LogP) is 3.77. The largest absolute Gasteiger partial charge is 0.478 e. The Labute approximate surface area is 127 Å². The minimum Gasteiger partial charge on any atom is -0.478 e. The first-order valence-electron chi connectivity index (χ1n) is 6.37. The Morgan fingerprint density at radius 3 is 2.84 bits per heavy atom. The van der Waals surface area contributed by atoms with E-state index in [1.54, 1.807) is 12.1 Å². The second kappa shape index (κ2) is 8.61. The number of nitrogens with one attached hydrogen (secondary N) is 1. The highest BCUT2D eigenvalue weighted by Crippen LogP contribution is 2.19. The number of hydrogen-bond donors (Lipinski definition) is 2. The molecule has 1 rings (SSSR count). The van der Waals surface area contributed by atoms with E-state index < -0.39 is 5.97 Å². The number of aromatic carboxylic acids is 1. The van der Waals surface area contributed by atoms with E-state index in [4.69, 9.17) is 5.11 Å². The molecule has 0 saturated heterocycles. The summed E-state index contributed by atoms with van der Waals surface area (Å²) in [6.45, 7) is 5.10. The van der Waals surface area contributed by atoms with Crippen molar-refractivity contribution in [3.05, 3.63) is 33.8 Å². The highest BCUT2D eigenvalue weighted by Gasteiger charge is 2.08. The van der Waals surface area contributed by atoms with Gasteiger partial charge in [-0.2, -0.15) is 11.8 Å². The van der Waals surface area contributed by atoms with Crippen LogP contribution < -0.4 is 5.32 Å². The Bertz CT molecular complexity index is 426. The van der Waals surface area contributed by atoms with Crippen LogP contribution in [0.15, 0.2) is 22.7 Å². The number of hydrogen-bond acceptors (Lipinski definition) is 3. The lowest BCUT2D eigenvalue weighted by molar-refractivity contribution is 0.0697. The summed E-state index contributed by atoms with van der Waals surface area (Å²) in [5, 5.41) is 12.4. The van der Waals surface area contributed by atoms with Gasteiger partial charge in [-0.15, -0.1) is 0 Å². The second-order valence-corrected chi connectivity index (χ2v) is 6.63. The zero-order valence-corrected chi connectivity index (χ0v) is 13.7. The number of thioether (sulfide) groups is 1. The summed E-state index contributed by atoms with van der Waals surface area (Å²) in [5.41, 5.74) is 1.39. The van der Waals surface area contributed by atoms with Gasteiger partial charge in [-0.05, 0) is 42.5 Å². The fourth-order valence-corrected chi connectivity index (χ4v) is 2.94. The predicted molar refractivity (Wildman–Crippen MR) is 85.0 cm³/mol. The molecule has 0 spiro atoms. The maximum atomic E-state index is 10.8. The van der Waals surface area contributed by atoms with E-state index in [1.807, 2.05) is 17.8 Å². The van der Waals surface area contributed by atoms with Crippen LogP contribution in [-0.2, 0) is 6.54 Å². The van der Waals surface area contributed by atoms with Gasteiger partial charge in [-0.3, -0.25) is 0 Å². The number of benzene rings is 1.